The van der Waals surface area contributed by atoms with Gasteiger partial charge in [0.25, 0.3) is 0 Å². The summed E-state index contributed by atoms with van der Waals surface area (Å²) in [5.41, 5.74) is 0. The Bertz CT molecular complexity index is 283. The van der Waals surface area contributed by atoms with Crippen molar-refractivity contribution in [2.45, 2.75) is 0 Å². The van der Waals surface area contributed by atoms with Gasteiger partial charge < -0.3 is 0 Å². The van der Waals surface area contributed by atoms with E-state index < -0.39 is 0 Å². The molecule has 0 radical (unpaired) electrons. The summed E-state index contributed by atoms with van der Waals surface area (Å²) < 4.78 is 0. The molecule has 0 saturated heterocycles. The molecule has 0 saturated carbocycles. The Morgan fingerprint density at radius 3 is 3.22 bits per heavy atom. The minimum absolute atomic E-state index is 0.788. The van der Waals surface area contributed by atoms with Crippen LogP contribution in [0.5, 0.6) is 0 Å². The van der Waals surface area contributed by atoms with Gasteiger partial charge in [0.15, 0.2) is 0 Å². The lowest BCUT2D eigenvalue weighted by Crippen LogP contribution is -1.64. The van der Waals surface area contributed by atoms with Crippen LogP contribution in [0, 0.1) is 0 Å². The first kappa shape index (κ1) is 5.01. The molecule has 1 nitrogen and oxygen atoms in total. The molecular formula is C7H6NP. The van der Waals surface area contributed by atoms with Crippen LogP contribution >= 0.6 is 8.19 Å². The normalized spacial score (nSPS) is 11.1. The molecule has 2 aromatic heterocycles. The zero-order chi connectivity index (χ0) is 6.10. The van der Waals surface area contributed by atoms with Crippen LogP contribution in [0.15, 0.2) is 30.2 Å². The Balaban J connectivity index is 2.95. The minimum atomic E-state index is 0.788. The maximum Gasteiger partial charge on any atom is 0.0858 e. The molecule has 44 valence electrons. The molecule has 1 unspecified atom stereocenters. The largest absolute Gasteiger partial charge is 0.252 e. The van der Waals surface area contributed by atoms with E-state index in [0.717, 1.165) is 8.19 Å². The van der Waals surface area contributed by atoms with Crippen LogP contribution < -0.4 is 0 Å². The molecule has 0 aliphatic carbocycles. The van der Waals surface area contributed by atoms with Gasteiger partial charge >= 0.3 is 0 Å². The third kappa shape index (κ3) is 0.739. The van der Waals surface area contributed by atoms with Gasteiger partial charge in [0.2, 0.25) is 0 Å². The zero-order valence-electron chi connectivity index (χ0n) is 4.83. The Morgan fingerprint density at radius 2 is 2.33 bits per heavy atom. The lowest BCUT2D eigenvalue weighted by atomic mass is 10.4. The molecule has 0 aromatic carbocycles. The number of nitrogens with zero attached hydrogens (tertiary/aromatic N) is 1. The van der Waals surface area contributed by atoms with Crippen molar-refractivity contribution in [3.63, 3.8) is 0 Å². The predicted octanol–water partition coefficient (Wildman–Crippen LogP) is 2.27. The van der Waals surface area contributed by atoms with Gasteiger partial charge in [-0.2, -0.15) is 0 Å². The maximum absolute atomic E-state index is 4.21. The highest BCUT2D eigenvalue weighted by Gasteiger charge is 1.88. The summed E-state index contributed by atoms with van der Waals surface area (Å²) in [6.07, 6.45) is 1.85. The van der Waals surface area contributed by atoms with Gasteiger partial charge in [-0.25, -0.2) is 0 Å². The van der Waals surface area contributed by atoms with Crippen molar-refractivity contribution in [3.8, 4) is 0 Å². The summed E-state index contributed by atoms with van der Waals surface area (Å²) in [4.78, 5) is 4.21. The molecule has 0 bridgehead atoms. The fraction of sp³-hybridized carbons (Fsp3) is 0. The van der Waals surface area contributed by atoms with Crippen molar-refractivity contribution in [3.05, 3.63) is 30.2 Å². The van der Waals surface area contributed by atoms with Gasteiger partial charge in [0.05, 0.1) is 5.25 Å². The highest BCUT2D eigenvalue weighted by atomic mass is 31.0. The molecule has 0 N–H and O–H groups in total. The van der Waals surface area contributed by atoms with E-state index in [2.05, 4.69) is 22.9 Å². The quantitative estimate of drug-likeness (QED) is 0.540. The van der Waals surface area contributed by atoms with Crippen molar-refractivity contribution < 1.29 is 0 Å². The summed E-state index contributed by atoms with van der Waals surface area (Å²) in [6.45, 7) is 0. The van der Waals surface area contributed by atoms with Crippen LogP contribution in [0.1, 0.15) is 0 Å². The lowest BCUT2D eigenvalue weighted by molar-refractivity contribution is 1.45. The summed E-state index contributed by atoms with van der Waals surface area (Å²) in [6, 6.07) is 6.19. The average Bonchev–Trinajstić information content (AvgIpc) is 2.33. The van der Waals surface area contributed by atoms with E-state index in [1.54, 1.807) is 0 Å². The fourth-order valence-electron chi connectivity index (χ4n) is 0.883. The summed E-state index contributed by atoms with van der Waals surface area (Å²) >= 11 is 0. The lowest BCUT2D eigenvalue weighted by Gasteiger charge is -1.82. The number of hydrogen-bond donors (Lipinski definition) is 0. The van der Waals surface area contributed by atoms with E-state index in [1.165, 1.54) is 10.6 Å². The number of fused-ring (bicyclic) bond motifs is 1. The third-order valence-corrected chi connectivity index (χ3v) is 2.35. The van der Waals surface area contributed by atoms with E-state index in [9.17, 15) is 0 Å². The molecule has 0 fully saturated rings. The Kier molecular flexibility index (Phi) is 1.03. The van der Waals surface area contributed by atoms with Crippen molar-refractivity contribution in [1.82, 2.24) is 4.98 Å². The van der Waals surface area contributed by atoms with Crippen molar-refractivity contribution >= 4 is 18.8 Å². The Labute approximate surface area is 54.8 Å². The summed E-state index contributed by atoms with van der Waals surface area (Å²) in [7, 11) is 0.788. The molecule has 2 rings (SSSR count). The van der Waals surface area contributed by atoms with Gasteiger partial charge in [-0.3, -0.25) is 4.98 Å². The molecule has 1 atom stereocenters. The van der Waals surface area contributed by atoms with Crippen molar-refractivity contribution in [2.24, 2.45) is 0 Å². The first-order chi connectivity index (χ1) is 4.47. The van der Waals surface area contributed by atoms with E-state index in [4.69, 9.17) is 0 Å². The van der Waals surface area contributed by atoms with Crippen molar-refractivity contribution in [2.75, 3.05) is 0 Å². The average molecular weight is 135 g/mol. The smallest absolute Gasteiger partial charge is 0.0858 e. The van der Waals surface area contributed by atoms with Gasteiger partial charge in [-0.15, -0.1) is 8.19 Å². The fourth-order valence-corrected chi connectivity index (χ4v) is 1.79. The number of hydrogen-bond acceptors (Lipinski definition) is 1. The standard InChI is InChI=1S/C7H6NP/c1-2-6-3-5-9-7(6)8-4-1/h1-5,9H. The number of rotatable bonds is 0. The first-order valence-corrected chi connectivity index (χ1v) is 3.93. The molecule has 2 aromatic rings. The molecule has 0 aliphatic rings. The van der Waals surface area contributed by atoms with E-state index in [-0.39, 0.29) is 0 Å². The predicted molar refractivity (Wildman–Crippen MR) is 41.2 cm³/mol. The van der Waals surface area contributed by atoms with Crippen LogP contribution in [0.3, 0.4) is 0 Å². The summed E-state index contributed by atoms with van der Waals surface area (Å²) in [5, 5.41) is 2.52. The molecule has 9 heavy (non-hydrogen) atoms. The second-order valence-corrected chi connectivity index (χ2v) is 3.01. The van der Waals surface area contributed by atoms with E-state index >= 15 is 0 Å². The van der Waals surface area contributed by atoms with Crippen LogP contribution in [-0.4, -0.2) is 4.98 Å². The summed E-state index contributed by atoms with van der Waals surface area (Å²) in [5.74, 6) is 2.16. The molecule has 2 heterocycles. The first-order valence-electron chi connectivity index (χ1n) is 2.85. The third-order valence-electron chi connectivity index (χ3n) is 1.32. The van der Waals surface area contributed by atoms with Crippen LogP contribution in [0.25, 0.3) is 10.6 Å². The molecule has 0 amide bonds. The van der Waals surface area contributed by atoms with Crippen LogP contribution in [0.2, 0.25) is 0 Å². The Morgan fingerprint density at radius 1 is 1.33 bits per heavy atom. The van der Waals surface area contributed by atoms with Gasteiger partial charge in [-0.05, 0) is 17.9 Å². The van der Waals surface area contributed by atoms with Gasteiger partial charge in [0.1, 0.15) is 0 Å². The zero-order valence-corrected chi connectivity index (χ0v) is 5.83. The topological polar surface area (TPSA) is 12.9 Å². The molecule has 2 heteroatoms. The van der Waals surface area contributed by atoms with Crippen molar-refractivity contribution in [1.29, 1.82) is 0 Å². The highest BCUT2D eigenvalue weighted by Crippen LogP contribution is 2.20. The molecule has 0 spiro atoms. The number of aromatic nitrogens is 1. The minimum Gasteiger partial charge on any atom is -0.252 e. The maximum atomic E-state index is 4.21. The van der Waals surface area contributed by atoms with Gasteiger partial charge in [-0.1, -0.05) is 6.07 Å². The Hall–Kier alpha value is -0.810. The van der Waals surface area contributed by atoms with Crippen LogP contribution in [-0.2, 0) is 0 Å². The second-order valence-electron chi connectivity index (χ2n) is 1.92. The molecular weight excluding hydrogens is 129 g/mol. The second kappa shape index (κ2) is 1.85. The van der Waals surface area contributed by atoms with Crippen LogP contribution in [0.4, 0.5) is 0 Å². The molecule has 0 aliphatic heterocycles. The van der Waals surface area contributed by atoms with E-state index in [1.807, 2.05) is 12.3 Å². The SMILES string of the molecule is c1cnc2[pH]ccc2c1. The van der Waals surface area contributed by atoms with Gasteiger partial charge in [0, 0.05) is 11.6 Å². The number of pyridine rings is 1. The monoisotopic (exact) mass is 135 g/mol. The van der Waals surface area contributed by atoms with E-state index in [0.29, 0.717) is 0 Å². The highest BCUT2D eigenvalue weighted by molar-refractivity contribution is 7.36.